The molecule has 1 aromatic carbocycles. The second kappa shape index (κ2) is 4.25. The predicted molar refractivity (Wildman–Crippen MR) is 59.5 cm³/mol. The minimum atomic E-state index is -1.45. The van der Waals surface area contributed by atoms with Gasteiger partial charge in [-0.05, 0) is 28.7 Å². The van der Waals surface area contributed by atoms with Crippen molar-refractivity contribution in [3.8, 4) is 11.1 Å². The minimum Gasteiger partial charge on any atom is -0.423 e. The molecule has 4 heteroatoms. The first kappa shape index (κ1) is 9.89. The van der Waals surface area contributed by atoms with Gasteiger partial charge in [-0.25, -0.2) is 0 Å². The summed E-state index contributed by atoms with van der Waals surface area (Å²) >= 11 is 0. The van der Waals surface area contributed by atoms with E-state index in [1.807, 2.05) is 24.3 Å². The average molecular weight is 199 g/mol. The monoisotopic (exact) mass is 199 g/mol. The second-order valence-electron chi connectivity index (χ2n) is 3.20. The average Bonchev–Trinajstić information content (AvgIpc) is 2.30. The molecule has 2 aromatic rings. The van der Waals surface area contributed by atoms with Gasteiger partial charge >= 0.3 is 7.12 Å². The molecule has 0 bridgehead atoms. The summed E-state index contributed by atoms with van der Waals surface area (Å²) in [5, 5.41) is 18.4. The fraction of sp³-hybridized carbons (Fsp3) is 0. The number of rotatable bonds is 2. The molecule has 0 aliphatic rings. The molecule has 0 aliphatic carbocycles. The molecule has 2 N–H and O–H groups in total. The van der Waals surface area contributed by atoms with Crippen molar-refractivity contribution in [3.63, 3.8) is 0 Å². The maximum atomic E-state index is 9.21. The summed E-state index contributed by atoms with van der Waals surface area (Å²) in [6.07, 6.45) is 3.35. The fourth-order valence-corrected chi connectivity index (χ4v) is 1.52. The second-order valence-corrected chi connectivity index (χ2v) is 3.20. The van der Waals surface area contributed by atoms with Gasteiger partial charge in [-0.3, -0.25) is 4.98 Å². The molecule has 15 heavy (non-hydrogen) atoms. The number of hydrogen-bond acceptors (Lipinski definition) is 3. The van der Waals surface area contributed by atoms with Crippen molar-refractivity contribution in [2.75, 3.05) is 0 Å². The molecule has 0 spiro atoms. The summed E-state index contributed by atoms with van der Waals surface area (Å²) in [5.74, 6) is 0. The minimum absolute atomic E-state index is 0.503. The van der Waals surface area contributed by atoms with E-state index in [0.29, 0.717) is 5.46 Å². The van der Waals surface area contributed by atoms with Gasteiger partial charge in [0, 0.05) is 12.4 Å². The van der Waals surface area contributed by atoms with Gasteiger partial charge in [-0.1, -0.05) is 24.3 Å². The lowest BCUT2D eigenvalue weighted by atomic mass is 9.75. The van der Waals surface area contributed by atoms with E-state index < -0.39 is 7.12 Å². The summed E-state index contributed by atoms with van der Waals surface area (Å²) in [6, 6.07) is 10.9. The van der Waals surface area contributed by atoms with Crippen LogP contribution in [0.15, 0.2) is 48.8 Å². The standard InChI is InChI=1S/C11H10BNO2/c14-12(15)11-4-2-1-3-10(11)9-5-7-13-8-6-9/h1-8,14-15H. The molecular weight excluding hydrogens is 189 g/mol. The molecule has 1 heterocycles. The molecule has 0 amide bonds. The molecule has 0 aliphatic heterocycles. The number of pyridine rings is 1. The van der Waals surface area contributed by atoms with Crippen molar-refractivity contribution in [2.24, 2.45) is 0 Å². The van der Waals surface area contributed by atoms with Gasteiger partial charge in [-0.15, -0.1) is 0 Å². The molecule has 1 aromatic heterocycles. The highest BCUT2D eigenvalue weighted by Crippen LogP contribution is 2.15. The Morgan fingerprint density at radius 2 is 1.60 bits per heavy atom. The third-order valence-corrected chi connectivity index (χ3v) is 2.23. The summed E-state index contributed by atoms with van der Waals surface area (Å²) in [7, 11) is -1.45. The zero-order chi connectivity index (χ0) is 10.7. The first-order valence-electron chi connectivity index (χ1n) is 4.64. The van der Waals surface area contributed by atoms with E-state index in [9.17, 15) is 10.0 Å². The summed E-state index contributed by atoms with van der Waals surface area (Å²) in [5.41, 5.74) is 2.24. The van der Waals surface area contributed by atoms with E-state index in [2.05, 4.69) is 4.98 Å². The van der Waals surface area contributed by atoms with E-state index in [1.54, 1.807) is 24.5 Å². The van der Waals surface area contributed by atoms with E-state index >= 15 is 0 Å². The van der Waals surface area contributed by atoms with Gasteiger partial charge in [0.25, 0.3) is 0 Å². The zero-order valence-corrected chi connectivity index (χ0v) is 8.04. The third kappa shape index (κ3) is 2.06. The Labute approximate surface area is 88.2 Å². The lowest BCUT2D eigenvalue weighted by Crippen LogP contribution is -2.31. The normalized spacial score (nSPS) is 10.0. The van der Waals surface area contributed by atoms with Gasteiger partial charge in [0.2, 0.25) is 0 Å². The van der Waals surface area contributed by atoms with E-state index in [-0.39, 0.29) is 0 Å². The number of benzene rings is 1. The van der Waals surface area contributed by atoms with Crippen LogP contribution in [0.3, 0.4) is 0 Å². The van der Waals surface area contributed by atoms with Crippen molar-refractivity contribution in [1.29, 1.82) is 0 Å². The van der Waals surface area contributed by atoms with Crippen molar-refractivity contribution in [1.82, 2.24) is 4.98 Å². The SMILES string of the molecule is OB(O)c1ccccc1-c1ccncc1. The molecule has 2 rings (SSSR count). The highest BCUT2D eigenvalue weighted by molar-refractivity contribution is 6.60. The van der Waals surface area contributed by atoms with Crippen LogP contribution >= 0.6 is 0 Å². The van der Waals surface area contributed by atoms with Crippen molar-refractivity contribution in [2.45, 2.75) is 0 Å². The van der Waals surface area contributed by atoms with Gasteiger partial charge in [-0.2, -0.15) is 0 Å². The van der Waals surface area contributed by atoms with Crippen LogP contribution in [0.1, 0.15) is 0 Å². The van der Waals surface area contributed by atoms with Gasteiger partial charge in [0.15, 0.2) is 0 Å². The Morgan fingerprint density at radius 3 is 2.27 bits per heavy atom. The molecular formula is C11H10BNO2. The lowest BCUT2D eigenvalue weighted by molar-refractivity contribution is 0.426. The molecule has 0 radical (unpaired) electrons. The van der Waals surface area contributed by atoms with Gasteiger partial charge < -0.3 is 10.0 Å². The molecule has 74 valence electrons. The van der Waals surface area contributed by atoms with Gasteiger partial charge in [0.1, 0.15) is 0 Å². The lowest BCUT2D eigenvalue weighted by Gasteiger charge is -2.07. The quantitative estimate of drug-likeness (QED) is 0.689. The smallest absolute Gasteiger partial charge is 0.423 e. The number of aromatic nitrogens is 1. The van der Waals surface area contributed by atoms with E-state index in [1.165, 1.54) is 0 Å². The van der Waals surface area contributed by atoms with Crippen molar-refractivity contribution >= 4 is 12.6 Å². The summed E-state index contributed by atoms with van der Waals surface area (Å²) in [6.45, 7) is 0. The Hall–Kier alpha value is -1.65. The fourth-order valence-electron chi connectivity index (χ4n) is 1.52. The third-order valence-electron chi connectivity index (χ3n) is 2.23. The molecule has 0 saturated carbocycles. The highest BCUT2D eigenvalue weighted by Gasteiger charge is 2.15. The van der Waals surface area contributed by atoms with Crippen LogP contribution in [0.4, 0.5) is 0 Å². The number of hydrogen-bond donors (Lipinski definition) is 2. The molecule has 0 unspecified atom stereocenters. The molecule has 0 atom stereocenters. The summed E-state index contributed by atoms with van der Waals surface area (Å²) < 4.78 is 0. The largest absolute Gasteiger partial charge is 0.489 e. The summed E-state index contributed by atoms with van der Waals surface area (Å²) in [4.78, 5) is 3.92. The predicted octanol–water partition coefficient (Wildman–Crippen LogP) is 0.428. The van der Waals surface area contributed by atoms with Crippen LogP contribution in [0, 0.1) is 0 Å². The van der Waals surface area contributed by atoms with Crippen LogP contribution in [-0.4, -0.2) is 22.2 Å². The Balaban J connectivity index is 2.53. The molecule has 3 nitrogen and oxygen atoms in total. The molecule has 0 fully saturated rings. The zero-order valence-electron chi connectivity index (χ0n) is 8.04. The van der Waals surface area contributed by atoms with Crippen LogP contribution in [-0.2, 0) is 0 Å². The highest BCUT2D eigenvalue weighted by atomic mass is 16.4. The van der Waals surface area contributed by atoms with E-state index in [4.69, 9.17) is 0 Å². The van der Waals surface area contributed by atoms with Gasteiger partial charge in [0.05, 0.1) is 0 Å². The maximum absolute atomic E-state index is 9.21. The van der Waals surface area contributed by atoms with Crippen LogP contribution in [0.5, 0.6) is 0 Å². The van der Waals surface area contributed by atoms with Crippen LogP contribution in [0.25, 0.3) is 11.1 Å². The maximum Gasteiger partial charge on any atom is 0.489 e. The van der Waals surface area contributed by atoms with Crippen molar-refractivity contribution in [3.05, 3.63) is 48.8 Å². The van der Waals surface area contributed by atoms with Crippen LogP contribution in [0.2, 0.25) is 0 Å². The van der Waals surface area contributed by atoms with Crippen molar-refractivity contribution < 1.29 is 10.0 Å². The first-order valence-corrected chi connectivity index (χ1v) is 4.64. The topological polar surface area (TPSA) is 53.4 Å². The van der Waals surface area contributed by atoms with E-state index in [0.717, 1.165) is 11.1 Å². The Bertz CT molecular complexity index is 445. The molecule has 0 saturated heterocycles. The number of nitrogens with zero attached hydrogens (tertiary/aromatic N) is 1. The Morgan fingerprint density at radius 1 is 0.933 bits per heavy atom. The Kier molecular flexibility index (Phi) is 2.80. The first-order chi connectivity index (χ1) is 7.29. The van der Waals surface area contributed by atoms with Crippen LogP contribution < -0.4 is 5.46 Å².